The Morgan fingerprint density at radius 1 is 1.62 bits per heavy atom. The fourth-order valence-corrected chi connectivity index (χ4v) is 3.86. The van der Waals surface area contributed by atoms with E-state index in [1.807, 2.05) is 11.3 Å². The molecule has 0 aliphatic carbocycles. The second kappa shape index (κ2) is 5.63. The van der Waals surface area contributed by atoms with Gasteiger partial charge >= 0.3 is 0 Å². The van der Waals surface area contributed by atoms with Crippen molar-refractivity contribution in [1.29, 1.82) is 0 Å². The topological polar surface area (TPSA) is 15.3 Å². The summed E-state index contributed by atoms with van der Waals surface area (Å²) in [7, 11) is 2.22. The largest absolute Gasteiger partial charge is 0.314 e. The fourth-order valence-electron chi connectivity index (χ4n) is 2.33. The average Bonchev–Trinajstić information content (AvgIpc) is 2.77. The Hall–Kier alpha value is 0.1000. The van der Waals surface area contributed by atoms with Crippen LogP contribution >= 0.6 is 27.3 Å². The van der Waals surface area contributed by atoms with E-state index in [4.69, 9.17) is 0 Å². The number of halogens is 1. The van der Waals surface area contributed by atoms with Crippen molar-refractivity contribution in [2.75, 3.05) is 20.1 Å². The smallest absolute Gasteiger partial charge is 0.0325 e. The van der Waals surface area contributed by atoms with Crippen molar-refractivity contribution in [3.63, 3.8) is 0 Å². The number of rotatable bonds is 4. The molecule has 0 amide bonds. The molecule has 0 aromatic carbocycles. The van der Waals surface area contributed by atoms with Crippen molar-refractivity contribution in [1.82, 2.24) is 10.2 Å². The molecular weight excluding hydrogens is 284 g/mol. The number of nitrogens with one attached hydrogen (secondary N) is 1. The maximum atomic E-state index is 3.51. The van der Waals surface area contributed by atoms with E-state index < -0.39 is 0 Å². The van der Waals surface area contributed by atoms with E-state index in [2.05, 4.69) is 51.6 Å². The van der Waals surface area contributed by atoms with E-state index in [-0.39, 0.29) is 0 Å². The van der Waals surface area contributed by atoms with Crippen LogP contribution in [-0.2, 0) is 6.54 Å². The van der Waals surface area contributed by atoms with Gasteiger partial charge in [-0.1, -0.05) is 0 Å². The molecule has 0 bridgehead atoms. The lowest BCUT2D eigenvalue weighted by Gasteiger charge is -2.22. The van der Waals surface area contributed by atoms with Gasteiger partial charge in [0.15, 0.2) is 0 Å². The molecule has 2 atom stereocenters. The standard InChI is InChI=1S/C12H19BrN2S/c1-9-10(3-4-14-9)6-15(2)7-12-5-11(13)8-16-12/h5,8-10,14H,3-4,6-7H2,1-2H3. The summed E-state index contributed by atoms with van der Waals surface area (Å²) >= 11 is 5.33. The van der Waals surface area contributed by atoms with Gasteiger partial charge in [0.25, 0.3) is 0 Å². The highest BCUT2D eigenvalue weighted by Crippen LogP contribution is 2.22. The molecule has 1 aliphatic rings. The van der Waals surface area contributed by atoms with E-state index in [1.54, 1.807) is 0 Å². The van der Waals surface area contributed by atoms with Crippen molar-refractivity contribution in [3.05, 3.63) is 20.8 Å². The van der Waals surface area contributed by atoms with E-state index in [1.165, 1.54) is 28.9 Å². The maximum Gasteiger partial charge on any atom is 0.0325 e. The second-order valence-electron chi connectivity index (χ2n) is 4.72. The van der Waals surface area contributed by atoms with E-state index in [0.717, 1.165) is 12.5 Å². The Balaban J connectivity index is 1.82. The molecule has 4 heteroatoms. The monoisotopic (exact) mass is 302 g/mol. The van der Waals surface area contributed by atoms with Crippen LogP contribution in [0.4, 0.5) is 0 Å². The molecule has 1 saturated heterocycles. The first-order valence-corrected chi connectivity index (χ1v) is 7.47. The Bertz CT molecular complexity index is 340. The second-order valence-corrected chi connectivity index (χ2v) is 6.63. The molecule has 0 radical (unpaired) electrons. The summed E-state index contributed by atoms with van der Waals surface area (Å²) in [5.41, 5.74) is 0. The molecule has 90 valence electrons. The molecule has 2 nitrogen and oxygen atoms in total. The van der Waals surface area contributed by atoms with Gasteiger partial charge in [-0.15, -0.1) is 11.3 Å². The molecule has 1 aromatic heterocycles. The molecule has 1 aliphatic heterocycles. The quantitative estimate of drug-likeness (QED) is 0.920. The van der Waals surface area contributed by atoms with Crippen LogP contribution in [-0.4, -0.2) is 31.1 Å². The predicted octanol–water partition coefficient (Wildman–Crippen LogP) is 2.94. The Morgan fingerprint density at radius 2 is 2.44 bits per heavy atom. The highest BCUT2D eigenvalue weighted by atomic mass is 79.9. The molecule has 1 aromatic rings. The average molecular weight is 303 g/mol. The number of nitrogens with zero attached hydrogens (tertiary/aromatic N) is 1. The zero-order valence-corrected chi connectivity index (χ0v) is 12.3. The summed E-state index contributed by atoms with van der Waals surface area (Å²) in [4.78, 5) is 3.87. The van der Waals surface area contributed by atoms with E-state index in [9.17, 15) is 0 Å². The molecule has 2 rings (SSSR count). The SMILES string of the molecule is CC1NCCC1CN(C)Cc1cc(Br)cs1. The third-order valence-corrected chi connectivity index (χ3v) is 4.96. The minimum absolute atomic E-state index is 0.678. The summed E-state index contributed by atoms with van der Waals surface area (Å²) in [6.45, 7) is 5.75. The summed E-state index contributed by atoms with van der Waals surface area (Å²) in [5.74, 6) is 0.813. The Labute approximate surface area is 110 Å². The maximum absolute atomic E-state index is 3.51. The van der Waals surface area contributed by atoms with Gasteiger partial charge in [0, 0.05) is 33.9 Å². The van der Waals surface area contributed by atoms with Crippen molar-refractivity contribution in [3.8, 4) is 0 Å². The highest BCUT2D eigenvalue weighted by molar-refractivity contribution is 9.10. The number of thiophene rings is 1. The Kier molecular flexibility index (Phi) is 4.41. The van der Waals surface area contributed by atoms with Gasteiger partial charge in [-0.05, 0) is 54.9 Å². The summed E-state index contributed by atoms with van der Waals surface area (Å²) < 4.78 is 1.21. The van der Waals surface area contributed by atoms with E-state index >= 15 is 0 Å². The third kappa shape index (κ3) is 3.29. The van der Waals surface area contributed by atoms with Gasteiger partial charge in [-0.25, -0.2) is 0 Å². The number of hydrogen-bond acceptors (Lipinski definition) is 3. The minimum atomic E-state index is 0.678. The van der Waals surface area contributed by atoms with Gasteiger partial charge in [0.05, 0.1) is 0 Å². The van der Waals surface area contributed by atoms with Gasteiger partial charge in [-0.2, -0.15) is 0 Å². The van der Waals surface area contributed by atoms with Gasteiger partial charge in [0.2, 0.25) is 0 Å². The zero-order chi connectivity index (χ0) is 11.5. The molecule has 0 spiro atoms. The zero-order valence-electron chi connectivity index (χ0n) is 9.87. The van der Waals surface area contributed by atoms with Crippen LogP contribution in [0.25, 0.3) is 0 Å². The van der Waals surface area contributed by atoms with Gasteiger partial charge in [0.1, 0.15) is 0 Å². The van der Waals surface area contributed by atoms with Crippen LogP contribution in [0.15, 0.2) is 15.9 Å². The Morgan fingerprint density at radius 3 is 3.00 bits per heavy atom. The lowest BCUT2D eigenvalue weighted by atomic mass is 10.0. The van der Waals surface area contributed by atoms with Crippen molar-refractivity contribution in [2.24, 2.45) is 5.92 Å². The molecule has 2 unspecified atom stereocenters. The first-order chi connectivity index (χ1) is 7.65. The molecule has 0 saturated carbocycles. The van der Waals surface area contributed by atoms with Crippen LogP contribution < -0.4 is 5.32 Å². The first kappa shape index (κ1) is 12.6. The van der Waals surface area contributed by atoms with Crippen molar-refractivity contribution >= 4 is 27.3 Å². The summed E-state index contributed by atoms with van der Waals surface area (Å²) in [5, 5.41) is 5.67. The molecule has 2 heterocycles. The molecule has 16 heavy (non-hydrogen) atoms. The fraction of sp³-hybridized carbons (Fsp3) is 0.667. The third-order valence-electron chi connectivity index (χ3n) is 3.28. The number of hydrogen-bond donors (Lipinski definition) is 1. The van der Waals surface area contributed by atoms with Crippen LogP contribution in [0.5, 0.6) is 0 Å². The van der Waals surface area contributed by atoms with Crippen LogP contribution in [0.3, 0.4) is 0 Å². The first-order valence-electron chi connectivity index (χ1n) is 5.80. The predicted molar refractivity (Wildman–Crippen MR) is 73.9 cm³/mol. The van der Waals surface area contributed by atoms with Crippen LogP contribution in [0.2, 0.25) is 0 Å². The molecular formula is C12H19BrN2S. The van der Waals surface area contributed by atoms with Crippen molar-refractivity contribution in [2.45, 2.75) is 25.9 Å². The molecule has 1 fully saturated rings. The van der Waals surface area contributed by atoms with Gasteiger partial charge < -0.3 is 10.2 Å². The molecule has 1 N–H and O–H groups in total. The van der Waals surface area contributed by atoms with Crippen molar-refractivity contribution < 1.29 is 0 Å². The lowest BCUT2D eigenvalue weighted by molar-refractivity contribution is 0.261. The highest BCUT2D eigenvalue weighted by Gasteiger charge is 2.23. The minimum Gasteiger partial charge on any atom is -0.314 e. The van der Waals surface area contributed by atoms with Gasteiger partial charge in [-0.3, -0.25) is 0 Å². The van der Waals surface area contributed by atoms with Crippen LogP contribution in [0.1, 0.15) is 18.2 Å². The van der Waals surface area contributed by atoms with E-state index in [0.29, 0.717) is 6.04 Å². The van der Waals surface area contributed by atoms with Crippen LogP contribution in [0, 0.1) is 5.92 Å². The summed E-state index contributed by atoms with van der Waals surface area (Å²) in [6.07, 6.45) is 1.32. The lowest BCUT2D eigenvalue weighted by Crippen LogP contribution is -2.31. The summed E-state index contributed by atoms with van der Waals surface area (Å²) in [6, 6.07) is 2.90. The normalized spacial score (nSPS) is 25.5.